The van der Waals surface area contributed by atoms with Crippen LogP contribution in [0.3, 0.4) is 0 Å². The lowest BCUT2D eigenvalue weighted by atomic mass is 10.1. The Bertz CT molecular complexity index is 537. The van der Waals surface area contributed by atoms with Crippen LogP contribution in [0.15, 0.2) is 36.5 Å². The van der Waals surface area contributed by atoms with Crippen molar-refractivity contribution in [2.24, 2.45) is 0 Å². The van der Waals surface area contributed by atoms with Crippen LogP contribution in [0, 0.1) is 12.3 Å². The SMILES string of the molecule is C#C/C=C\C[C@H](Cl)[C@@H]1C[C@H](O[Si](C)(C)C(C)(C)C)[C@@H](/C=C\C=C\C)O1. The first-order valence-corrected chi connectivity index (χ1v) is 12.3. The molecule has 1 rings (SSSR count). The minimum absolute atomic E-state index is 0.0286. The fourth-order valence-corrected chi connectivity index (χ4v) is 4.09. The van der Waals surface area contributed by atoms with Crippen molar-refractivity contribution in [2.45, 2.75) is 82.4 Å². The van der Waals surface area contributed by atoms with Crippen molar-refractivity contribution >= 4 is 19.9 Å². The maximum atomic E-state index is 6.64. The number of allylic oxidation sites excluding steroid dienone is 5. The molecule has 0 aromatic heterocycles. The molecule has 2 nitrogen and oxygen atoms in total. The average Bonchev–Trinajstić information content (AvgIpc) is 2.89. The van der Waals surface area contributed by atoms with Gasteiger partial charge in [0.1, 0.15) is 6.10 Å². The Labute approximate surface area is 160 Å². The number of hydrogen-bond acceptors (Lipinski definition) is 2. The Morgan fingerprint density at radius 1 is 1.36 bits per heavy atom. The number of halogens is 1. The molecule has 0 spiro atoms. The maximum Gasteiger partial charge on any atom is 0.192 e. The first-order valence-electron chi connectivity index (χ1n) is 9.00. The van der Waals surface area contributed by atoms with Gasteiger partial charge >= 0.3 is 0 Å². The zero-order valence-corrected chi connectivity index (χ0v) is 18.2. The van der Waals surface area contributed by atoms with Crippen molar-refractivity contribution in [3.63, 3.8) is 0 Å². The third-order valence-corrected chi connectivity index (χ3v) is 9.96. The normalized spacial score (nSPS) is 26.7. The summed E-state index contributed by atoms with van der Waals surface area (Å²) in [6.45, 7) is 13.3. The highest BCUT2D eigenvalue weighted by atomic mass is 35.5. The van der Waals surface area contributed by atoms with Crippen molar-refractivity contribution < 1.29 is 9.16 Å². The second kappa shape index (κ2) is 9.78. The summed E-state index contributed by atoms with van der Waals surface area (Å²) in [5.74, 6) is 2.50. The summed E-state index contributed by atoms with van der Waals surface area (Å²) in [6.07, 6.45) is 18.5. The molecule has 1 fully saturated rings. The lowest BCUT2D eigenvalue weighted by Gasteiger charge is -2.39. The molecular weight excluding hydrogens is 348 g/mol. The van der Waals surface area contributed by atoms with Crippen molar-refractivity contribution in [1.82, 2.24) is 0 Å². The highest BCUT2D eigenvalue weighted by molar-refractivity contribution is 6.74. The molecule has 0 aliphatic carbocycles. The molecule has 0 aromatic rings. The van der Waals surface area contributed by atoms with Gasteiger partial charge in [0.25, 0.3) is 0 Å². The van der Waals surface area contributed by atoms with E-state index in [1.807, 2.05) is 31.2 Å². The molecule has 140 valence electrons. The van der Waals surface area contributed by atoms with Crippen molar-refractivity contribution in [2.75, 3.05) is 0 Å². The van der Waals surface area contributed by atoms with Gasteiger partial charge in [0.05, 0.1) is 17.6 Å². The Morgan fingerprint density at radius 2 is 2.04 bits per heavy atom. The van der Waals surface area contributed by atoms with Crippen LogP contribution in [0.4, 0.5) is 0 Å². The zero-order valence-electron chi connectivity index (χ0n) is 16.5. The Hall–Kier alpha value is -0.793. The second-order valence-electron chi connectivity index (χ2n) is 8.02. The molecular formula is C21H33ClO2Si. The molecule has 0 bridgehead atoms. The summed E-state index contributed by atoms with van der Waals surface area (Å²) in [5.41, 5.74) is 0. The lowest BCUT2D eigenvalue weighted by molar-refractivity contribution is 0.0417. The standard InChI is InChI=1S/C21H33ClO2Si/c1-8-10-12-14-17(22)19-16-20(18(23-19)15-13-11-9-2)24-25(6,7)21(3,4)5/h1,9-13,15,17-20H,14,16H2,2-7H3/b11-9+,12-10-,15-13-/t17-,18+,19-,20-/m0/s1. The molecule has 4 heteroatoms. The van der Waals surface area contributed by atoms with E-state index in [9.17, 15) is 0 Å². The molecule has 0 N–H and O–H groups in total. The first kappa shape index (κ1) is 22.2. The van der Waals surface area contributed by atoms with Crippen molar-refractivity contribution in [3.8, 4) is 12.3 Å². The third-order valence-electron chi connectivity index (χ3n) is 5.00. The molecule has 0 unspecified atom stereocenters. The number of rotatable bonds is 7. The van der Waals surface area contributed by atoms with Crippen molar-refractivity contribution in [1.29, 1.82) is 0 Å². The fraction of sp³-hybridized carbons (Fsp3) is 0.619. The summed E-state index contributed by atoms with van der Waals surface area (Å²) in [6, 6.07) is 0. The van der Waals surface area contributed by atoms with Crippen LogP contribution in [0.1, 0.15) is 40.5 Å². The number of terminal acetylenes is 1. The van der Waals surface area contributed by atoms with E-state index < -0.39 is 8.32 Å². The molecule has 0 aromatic carbocycles. The van der Waals surface area contributed by atoms with Gasteiger partial charge in [-0.05, 0) is 37.6 Å². The topological polar surface area (TPSA) is 18.5 Å². The van der Waals surface area contributed by atoms with E-state index in [0.29, 0.717) is 6.42 Å². The Balaban J connectivity index is 2.87. The average molecular weight is 381 g/mol. The highest BCUT2D eigenvalue weighted by Gasteiger charge is 2.45. The van der Waals surface area contributed by atoms with E-state index >= 15 is 0 Å². The third kappa shape index (κ3) is 6.79. The van der Waals surface area contributed by atoms with Gasteiger partial charge in [0, 0.05) is 6.42 Å². The van der Waals surface area contributed by atoms with E-state index in [2.05, 4.69) is 45.9 Å². The molecule has 0 amide bonds. The van der Waals surface area contributed by atoms with Gasteiger partial charge in [0.2, 0.25) is 0 Å². The predicted octanol–water partition coefficient (Wildman–Crippen LogP) is 5.85. The first-order chi connectivity index (χ1) is 11.6. The Morgan fingerprint density at radius 3 is 2.60 bits per heavy atom. The van der Waals surface area contributed by atoms with E-state index in [1.165, 1.54) is 0 Å². The predicted molar refractivity (Wildman–Crippen MR) is 112 cm³/mol. The molecule has 1 aliphatic heterocycles. The van der Waals surface area contributed by atoms with Crippen LogP contribution in [-0.4, -0.2) is 32.0 Å². The molecule has 1 saturated heterocycles. The van der Waals surface area contributed by atoms with E-state index in [0.717, 1.165) is 6.42 Å². The summed E-state index contributed by atoms with van der Waals surface area (Å²) in [5, 5.41) is 0.0636. The molecule has 1 aliphatic rings. The molecule has 25 heavy (non-hydrogen) atoms. The van der Waals surface area contributed by atoms with Crippen LogP contribution in [0.2, 0.25) is 18.1 Å². The smallest absolute Gasteiger partial charge is 0.192 e. The fourth-order valence-electron chi connectivity index (χ4n) is 2.48. The van der Waals surface area contributed by atoms with Gasteiger partial charge in [-0.25, -0.2) is 0 Å². The minimum atomic E-state index is -1.87. The van der Waals surface area contributed by atoms with Crippen LogP contribution in [0.25, 0.3) is 0 Å². The lowest BCUT2D eigenvalue weighted by Crippen LogP contribution is -2.45. The van der Waals surface area contributed by atoms with Gasteiger partial charge in [-0.3, -0.25) is 0 Å². The summed E-state index contributed by atoms with van der Waals surface area (Å²) < 4.78 is 12.9. The van der Waals surface area contributed by atoms with Crippen LogP contribution in [-0.2, 0) is 9.16 Å². The molecule has 0 saturated carbocycles. The van der Waals surface area contributed by atoms with E-state index in [1.54, 1.807) is 6.08 Å². The number of alkyl halides is 1. The minimum Gasteiger partial charge on any atom is -0.411 e. The van der Waals surface area contributed by atoms with Gasteiger partial charge in [0.15, 0.2) is 8.32 Å². The number of ether oxygens (including phenoxy) is 1. The van der Waals surface area contributed by atoms with Crippen LogP contribution < -0.4 is 0 Å². The molecule has 1 heterocycles. The highest BCUT2D eigenvalue weighted by Crippen LogP contribution is 2.40. The zero-order chi connectivity index (χ0) is 19.1. The monoisotopic (exact) mass is 380 g/mol. The van der Waals surface area contributed by atoms with Crippen LogP contribution >= 0.6 is 11.6 Å². The van der Waals surface area contributed by atoms with Gasteiger partial charge in [-0.15, -0.1) is 18.0 Å². The largest absolute Gasteiger partial charge is 0.411 e. The van der Waals surface area contributed by atoms with E-state index in [4.69, 9.17) is 27.2 Å². The van der Waals surface area contributed by atoms with E-state index in [-0.39, 0.29) is 28.7 Å². The quantitative estimate of drug-likeness (QED) is 0.238. The number of hydrogen-bond donors (Lipinski definition) is 0. The van der Waals surface area contributed by atoms with Gasteiger partial charge in [-0.2, -0.15) is 0 Å². The molecule has 0 radical (unpaired) electrons. The van der Waals surface area contributed by atoms with Crippen molar-refractivity contribution in [3.05, 3.63) is 36.5 Å². The Kier molecular flexibility index (Phi) is 8.70. The summed E-state index contributed by atoms with van der Waals surface area (Å²) >= 11 is 6.55. The molecule has 4 atom stereocenters. The van der Waals surface area contributed by atoms with Crippen LogP contribution in [0.5, 0.6) is 0 Å². The van der Waals surface area contributed by atoms with Gasteiger partial charge in [-0.1, -0.05) is 57.1 Å². The van der Waals surface area contributed by atoms with Gasteiger partial charge < -0.3 is 9.16 Å². The second-order valence-corrected chi connectivity index (χ2v) is 13.3. The maximum absolute atomic E-state index is 6.64. The summed E-state index contributed by atoms with van der Waals surface area (Å²) in [4.78, 5) is 0. The summed E-state index contributed by atoms with van der Waals surface area (Å²) in [7, 11) is -1.87.